The molecule has 0 spiro atoms. The van der Waals surface area contributed by atoms with Crippen molar-refractivity contribution in [3.8, 4) is 0 Å². The summed E-state index contributed by atoms with van der Waals surface area (Å²) in [5.41, 5.74) is 0.737. The zero-order valence-electron chi connectivity index (χ0n) is 14.4. The molecule has 3 aromatic rings. The molecule has 0 atom stereocenters. The minimum Gasteiger partial charge on any atom is -0.315 e. The van der Waals surface area contributed by atoms with Crippen molar-refractivity contribution in [2.75, 3.05) is 0 Å². The first kappa shape index (κ1) is 16.7. The molecule has 6 nitrogen and oxygen atoms in total. The highest BCUT2D eigenvalue weighted by atomic mass is 32.2. The van der Waals surface area contributed by atoms with Gasteiger partial charge in [-0.2, -0.15) is 0 Å². The SMILES string of the molecule is CCn1c(C)nnc1CSc1nc2ccccc2c(=O)n1C(C)C. The predicted molar refractivity (Wildman–Crippen MR) is 96.4 cm³/mol. The van der Waals surface area contributed by atoms with E-state index in [9.17, 15) is 4.79 Å². The van der Waals surface area contributed by atoms with Crippen LogP contribution in [-0.4, -0.2) is 24.3 Å². The maximum Gasteiger partial charge on any atom is 0.262 e. The van der Waals surface area contributed by atoms with Gasteiger partial charge in [0.25, 0.3) is 5.56 Å². The molecule has 126 valence electrons. The van der Waals surface area contributed by atoms with Gasteiger partial charge in [-0.25, -0.2) is 4.98 Å². The third kappa shape index (κ3) is 2.96. The Kier molecular flexibility index (Phi) is 4.71. The van der Waals surface area contributed by atoms with Crippen molar-refractivity contribution >= 4 is 22.7 Å². The van der Waals surface area contributed by atoms with Crippen LogP contribution in [0.1, 0.15) is 38.5 Å². The summed E-state index contributed by atoms with van der Waals surface area (Å²) >= 11 is 1.53. The molecule has 0 unspecified atom stereocenters. The predicted octanol–water partition coefficient (Wildman–Crippen LogP) is 3.19. The Morgan fingerprint density at radius 2 is 1.96 bits per heavy atom. The van der Waals surface area contributed by atoms with E-state index in [1.165, 1.54) is 11.8 Å². The molecule has 0 N–H and O–H groups in total. The number of thioether (sulfide) groups is 1. The van der Waals surface area contributed by atoms with Crippen molar-refractivity contribution in [2.45, 2.75) is 51.2 Å². The Morgan fingerprint density at radius 1 is 1.21 bits per heavy atom. The number of fused-ring (bicyclic) bond motifs is 1. The fourth-order valence-corrected chi connectivity index (χ4v) is 3.82. The van der Waals surface area contributed by atoms with Crippen molar-refractivity contribution in [3.63, 3.8) is 0 Å². The van der Waals surface area contributed by atoms with Crippen LogP contribution < -0.4 is 5.56 Å². The summed E-state index contributed by atoms with van der Waals surface area (Å²) < 4.78 is 3.83. The number of benzene rings is 1. The fraction of sp³-hybridized carbons (Fsp3) is 0.412. The number of hydrogen-bond donors (Lipinski definition) is 0. The number of rotatable bonds is 5. The summed E-state index contributed by atoms with van der Waals surface area (Å²) in [6.07, 6.45) is 0. The maximum atomic E-state index is 12.8. The molecule has 2 heterocycles. The molecule has 0 aliphatic carbocycles. The van der Waals surface area contributed by atoms with Gasteiger partial charge >= 0.3 is 0 Å². The zero-order chi connectivity index (χ0) is 17.3. The van der Waals surface area contributed by atoms with Crippen LogP contribution in [0.5, 0.6) is 0 Å². The normalized spacial score (nSPS) is 11.5. The largest absolute Gasteiger partial charge is 0.315 e. The van der Waals surface area contributed by atoms with Crippen molar-refractivity contribution in [1.82, 2.24) is 24.3 Å². The number of nitrogens with zero attached hydrogens (tertiary/aromatic N) is 5. The first-order chi connectivity index (χ1) is 11.5. The summed E-state index contributed by atoms with van der Waals surface area (Å²) in [7, 11) is 0. The minimum atomic E-state index is 0.00578. The van der Waals surface area contributed by atoms with Gasteiger partial charge in [-0.05, 0) is 39.8 Å². The van der Waals surface area contributed by atoms with Crippen LogP contribution in [0, 0.1) is 6.92 Å². The average molecular weight is 343 g/mol. The Hall–Kier alpha value is -2.15. The van der Waals surface area contributed by atoms with Gasteiger partial charge in [0, 0.05) is 12.6 Å². The van der Waals surface area contributed by atoms with Crippen molar-refractivity contribution in [2.24, 2.45) is 0 Å². The van der Waals surface area contributed by atoms with Gasteiger partial charge in [0.1, 0.15) is 11.6 Å². The Balaban J connectivity index is 2.02. The van der Waals surface area contributed by atoms with Gasteiger partial charge < -0.3 is 4.57 Å². The molecule has 0 amide bonds. The van der Waals surface area contributed by atoms with E-state index in [4.69, 9.17) is 4.98 Å². The molecule has 3 rings (SSSR count). The highest BCUT2D eigenvalue weighted by Crippen LogP contribution is 2.24. The molecule has 0 aliphatic rings. The lowest BCUT2D eigenvalue weighted by Gasteiger charge is -2.16. The Labute approximate surface area is 144 Å². The van der Waals surface area contributed by atoms with Crippen LogP contribution in [0.3, 0.4) is 0 Å². The van der Waals surface area contributed by atoms with Crippen molar-refractivity contribution in [1.29, 1.82) is 0 Å². The number of para-hydroxylation sites is 1. The van der Waals surface area contributed by atoms with Crippen LogP contribution in [0.4, 0.5) is 0 Å². The molecular weight excluding hydrogens is 322 g/mol. The van der Waals surface area contributed by atoms with Gasteiger partial charge in [0.15, 0.2) is 5.16 Å². The highest BCUT2D eigenvalue weighted by Gasteiger charge is 2.15. The number of aromatic nitrogens is 5. The van der Waals surface area contributed by atoms with E-state index in [1.54, 1.807) is 4.57 Å². The second-order valence-electron chi connectivity index (χ2n) is 5.88. The van der Waals surface area contributed by atoms with Gasteiger partial charge in [0.05, 0.1) is 16.7 Å². The molecule has 0 fully saturated rings. The Morgan fingerprint density at radius 3 is 2.67 bits per heavy atom. The van der Waals surface area contributed by atoms with Gasteiger partial charge in [-0.15, -0.1) is 10.2 Å². The van der Waals surface area contributed by atoms with Crippen molar-refractivity contribution in [3.05, 3.63) is 46.3 Å². The fourth-order valence-electron chi connectivity index (χ4n) is 2.75. The van der Waals surface area contributed by atoms with Crippen LogP contribution >= 0.6 is 11.8 Å². The second kappa shape index (κ2) is 6.76. The zero-order valence-corrected chi connectivity index (χ0v) is 15.2. The van der Waals surface area contributed by atoms with E-state index in [-0.39, 0.29) is 11.6 Å². The quantitative estimate of drug-likeness (QED) is 0.526. The molecule has 2 aromatic heterocycles. The molecule has 0 aliphatic heterocycles. The number of hydrogen-bond acceptors (Lipinski definition) is 5. The van der Waals surface area contributed by atoms with Gasteiger partial charge in [-0.1, -0.05) is 23.9 Å². The molecule has 0 saturated heterocycles. The van der Waals surface area contributed by atoms with Crippen LogP contribution in [-0.2, 0) is 12.3 Å². The maximum absolute atomic E-state index is 12.8. The first-order valence-corrected chi connectivity index (χ1v) is 9.04. The standard InChI is InChI=1S/C17H21N5OS/c1-5-21-12(4)19-20-15(21)10-24-17-18-14-9-7-6-8-13(14)16(23)22(17)11(2)3/h6-9,11H,5,10H2,1-4H3. The molecule has 7 heteroatoms. The van der Waals surface area contributed by atoms with E-state index >= 15 is 0 Å². The molecule has 0 saturated carbocycles. The third-order valence-corrected chi connectivity index (χ3v) is 4.90. The summed E-state index contributed by atoms with van der Waals surface area (Å²) in [6, 6.07) is 7.53. The Bertz CT molecular complexity index is 928. The van der Waals surface area contributed by atoms with Gasteiger partial charge in [-0.3, -0.25) is 9.36 Å². The first-order valence-electron chi connectivity index (χ1n) is 8.05. The van der Waals surface area contributed by atoms with E-state index in [2.05, 4.69) is 21.7 Å². The summed E-state index contributed by atoms with van der Waals surface area (Å²) in [5, 5.41) is 9.75. The van der Waals surface area contributed by atoms with E-state index < -0.39 is 0 Å². The topological polar surface area (TPSA) is 65.6 Å². The second-order valence-corrected chi connectivity index (χ2v) is 6.82. The molecular formula is C17H21N5OS. The third-order valence-electron chi connectivity index (χ3n) is 3.95. The minimum absolute atomic E-state index is 0.00578. The number of aryl methyl sites for hydroxylation is 1. The average Bonchev–Trinajstić information content (AvgIpc) is 2.92. The molecule has 1 aromatic carbocycles. The molecule has 0 bridgehead atoms. The summed E-state index contributed by atoms with van der Waals surface area (Å²) in [6.45, 7) is 8.85. The van der Waals surface area contributed by atoms with Crippen LogP contribution in [0.2, 0.25) is 0 Å². The lowest BCUT2D eigenvalue weighted by molar-refractivity contribution is 0.519. The van der Waals surface area contributed by atoms with Crippen molar-refractivity contribution < 1.29 is 0 Å². The van der Waals surface area contributed by atoms with E-state index in [1.807, 2.05) is 45.0 Å². The lowest BCUT2D eigenvalue weighted by Crippen LogP contribution is -2.25. The monoisotopic (exact) mass is 343 g/mol. The van der Waals surface area contributed by atoms with Gasteiger partial charge in [0.2, 0.25) is 0 Å². The molecule has 24 heavy (non-hydrogen) atoms. The van der Waals surface area contributed by atoms with E-state index in [0.717, 1.165) is 28.9 Å². The van der Waals surface area contributed by atoms with Crippen LogP contribution in [0.15, 0.2) is 34.2 Å². The molecule has 0 radical (unpaired) electrons. The summed E-state index contributed by atoms with van der Waals surface area (Å²) in [4.78, 5) is 17.5. The van der Waals surface area contributed by atoms with Crippen LogP contribution in [0.25, 0.3) is 10.9 Å². The summed E-state index contributed by atoms with van der Waals surface area (Å²) in [5.74, 6) is 2.44. The van der Waals surface area contributed by atoms with E-state index in [0.29, 0.717) is 11.1 Å². The smallest absolute Gasteiger partial charge is 0.262 e. The lowest BCUT2D eigenvalue weighted by atomic mass is 10.2. The highest BCUT2D eigenvalue weighted by molar-refractivity contribution is 7.98.